The van der Waals surface area contributed by atoms with Gasteiger partial charge in [-0.1, -0.05) is 23.7 Å². The van der Waals surface area contributed by atoms with Crippen molar-refractivity contribution in [2.45, 2.75) is 23.8 Å². The summed E-state index contributed by atoms with van der Waals surface area (Å²) in [6.07, 6.45) is 1.17. The zero-order valence-corrected chi connectivity index (χ0v) is 27.8. The summed E-state index contributed by atoms with van der Waals surface area (Å²) in [6.45, 7) is 0.274. The molecule has 1 fully saturated rings. The van der Waals surface area contributed by atoms with Gasteiger partial charge in [-0.05, 0) is 72.1 Å². The van der Waals surface area contributed by atoms with Crippen LogP contribution in [0.15, 0.2) is 65.6 Å². The highest BCUT2D eigenvalue weighted by atomic mass is 35.5. The van der Waals surface area contributed by atoms with Gasteiger partial charge in [0.1, 0.15) is 0 Å². The number of methoxy groups -OCH3 is 1. The Balaban J connectivity index is 1.29. The smallest absolute Gasteiger partial charge is 0.361 e. The number of hydrogen-bond donors (Lipinski definition) is 1. The van der Waals surface area contributed by atoms with E-state index in [1.807, 2.05) is 0 Å². The summed E-state index contributed by atoms with van der Waals surface area (Å²) in [5, 5.41) is 4.90. The molecule has 1 aliphatic rings. The van der Waals surface area contributed by atoms with E-state index in [9.17, 15) is 27.6 Å². The third-order valence-electron chi connectivity index (χ3n) is 7.71. The fourth-order valence-corrected chi connectivity index (χ4v) is 6.31. The number of sulfone groups is 1. The Hall–Kier alpha value is -4.04. The minimum atomic E-state index is -3.91. The van der Waals surface area contributed by atoms with Crippen LogP contribution in [0.2, 0.25) is 5.02 Å². The van der Waals surface area contributed by atoms with Crippen molar-refractivity contribution in [3.63, 3.8) is 0 Å². The number of piperidine rings is 1. The number of hydrogen-bond acceptors (Lipinski definition) is 9. The standard InChI is InChI=1S/C32H38ClN4O8S/c1-35(29(38)19-37(2,3)20-31(40)44-4)25-10-12-26(13-11-25)36-15-5-6-28(32(36)41)34-18-30(39)45-21-46(42,43)27-14-8-22-16-24(33)9-7-23(22)17-27/h7-14,16-17,28,34H,5-6,15,18-21H2,1-4H3/q+1. The number of esters is 2. The molecule has 1 N–H and O–H groups in total. The van der Waals surface area contributed by atoms with Gasteiger partial charge in [0.25, 0.3) is 5.91 Å². The maximum Gasteiger partial charge on any atom is 0.361 e. The Bertz CT molecular complexity index is 1730. The van der Waals surface area contributed by atoms with E-state index in [0.717, 1.165) is 5.39 Å². The summed E-state index contributed by atoms with van der Waals surface area (Å²) < 4.78 is 35.5. The van der Waals surface area contributed by atoms with E-state index in [2.05, 4.69) is 5.32 Å². The largest absolute Gasteiger partial charge is 0.465 e. The van der Waals surface area contributed by atoms with Crippen molar-refractivity contribution < 1.29 is 41.6 Å². The Morgan fingerprint density at radius 1 is 1.00 bits per heavy atom. The van der Waals surface area contributed by atoms with E-state index in [1.165, 1.54) is 24.1 Å². The molecule has 0 bridgehead atoms. The van der Waals surface area contributed by atoms with E-state index in [1.54, 1.807) is 74.6 Å². The topological polar surface area (TPSA) is 139 Å². The zero-order chi connectivity index (χ0) is 33.6. The number of quaternary nitrogens is 1. The number of benzene rings is 3. The van der Waals surface area contributed by atoms with Crippen molar-refractivity contribution in [3.05, 3.63) is 65.7 Å². The number of nitrogens with one attached hydrogen (secondary N) is 1. The lowest BCUT2D eigenvalue weighted by atomic mass is 10.0. The van der Waals surface area contributed by atoms with Gasteiger partial charge in [0.2, 0.25) is 15.7 Å². The molecular formula is C32H38ClN4O8S+. The first kappa shape index (κ1) is 34.8. The van der Waals surface area contributed by atoms with Crippen LogP contribution in [0.3, 0.4) is 0 Å². The van der Waals surface area contributed by atoms with Crippen molar-refractivity contribution in [2.75, 3.05) is 70.2 Å². The predicted octanol–water partition coefficient (Wildman–Crippen LogP) is 2.77. The molecule has 0 aromatic heterocycles. The fraction of sp³-hybridized carbons (Fsp3) is 0.375. The summed E-state index contributed by atoms with van der Waals surface area (Å²) in [5.74, 6) is -2.46. The first-order chi connectivity index (χ1) is 21.7. The molecule has 4 rings (SSSR count). The Morgan fingerprint density at radius 3 is 2.37 bits per heavy atom. The molecule has 2 amide bonds. The van der Waals surface area contributed by atoms with Crippen molar-refractivity contribution >= 4 is 67.3 Å². The monoisotopic (exact) mass is 673 g/mol. The number of likely N-dealkylation sites (N-methyl/N-ethyl adjacent to an activating group) is 2. The van der Waals surface area contributed by atoms with Gasteiger partial charge in [-0.3, -0.25) is 19.7 Å². The average Bonchev–Trinajstić information content (AvgIpc) is 3.02. The van der Waals surface area contributed by atoms with Gasteiger partial charge >= 0.3 is 11.9 Å². The van der Waals surface area contributed by atoms with Gasteiger partial charge in [0.15, 0.2) is 19.0 Å². The van der Waals surface area contributed by atoms with Crippen LogP contribution in [0, 0.1) is 0 Å². The summed E-state index contributed by atoms with van der Waals surface area (Å²) in [4.78, 5) is 53.4. The molecule has 3 aromatic rings. The lowest BCUT2D eigenvalue weighted by Gasteiger charge is -2.33. The van der Waals surface area contributed by atoms with Crippen LogP contribution in [0.5, 0.6) is 0 Å². The summed E-state index contributed by atoms with van der Waals surface area (Å²) in [7, 11) is 2.57. The second kappa shape index (κ2) is 14.6. The number of carbonyl (C=O) groups is 4. The molecule has 12 nitrogen and oxygen atoms in total. The molecule has 46 heavy (non-hydrogen) atoms. The number of nitrogens with zero attached hydrogens (tertiary/aromatic N) is 3. The van der Waals surface area contributed by atoms with E-state index in [4.69, 9.17) is 21.1 Å². The third-order valence-corrected chi connectivity index (χ3v) is 9.35. The first-order valence-corrected chi connectivity index (χ1v) is 16.6. The normalized spacial score (nSPS) is 15.5. The SMILES string of the molecule is COC(=O)C[N+](C)(C)CC(=O)N(C)c1ccc(N2CCCC(NCC(=O)OCS(=O)(=O)c3ccc4cc(Cl)ccc4c3)C2=O)cc1. The molecule has 246 valence electrons. The maximum absolute atomic E-state index is 13.3. The van der Waals surface area contributed by atoms with Crippen LogP contribution in [0.25, 0.3) is 10.8 Å². The lowest BCUT2D eigenvalue weighted by Crippen LogP contribution is -2.52. The minimum Gasteiger partial charge on any atom is -0.465 e. The average molecular weight is 674 g/mol. The number of rotatable bonds is 12. The van der Waals surface area contributed by atoms with Gasteiger partial charge in [-0.2, -0.15) is 0 Å². The van der Waals surface area contributed by atoms with Crippen LogP contribution in [-0.2, 0) is 38.5 Å². The molecule has 0 saturated carbocycles. The molecule has 1 aliphatic heterocycles. The van der Waals surface area contributed by atoms with Crippen molar-refractivity contribution in [2.24, 2.45) is 0 Å². The lowest BCUT2D eigenvalue weighted by molar-refractivity contribution is -0.874. The Morgan fingerprint density at radius 2 is 1.67 bits per heavy atom. The Kier molecular flexibility index (Phi) is 11.0. The van der Waals surface area contributed by atoms with Gasteiger partial charge in [0, 0.05) is 30.0 Å². The van der Waals surface area contributed by atoms with E-state index < -0.39 is 33.8 Å². The second-order valence-electron chi connectivity index (χ2n) is 11.8. The summed E-state index contributed by atoms with van der Waals surface area (Å²) in [6, 6.07) is 16.0. The fourth-order valence-electron chi connectivity index (χ4n) is 5.12. The number of amides is 2. The van der Waals surface area contributed by atoms with E-state index in [0.29, 0.717) is 41.2 Å². The first-order valence-electron chi connectivity index (χ1n) is 14.6. The number of carbonyl (C=O) groups excluding carboxylic acids is 4. The molecule has 0 radical (unpaired) electrons. The molecule has 1 unspecified atom stereocenters. The van der Waals surface area contributed by atoms with Crippen LogP contribution in [0.4, 0.5) is 11.4 Å². The van der Waals surface area contributed by atoms with Gasteiger partial charge < -0.3 is 23.8 Å². The Labute approximate surface area is 273 Å². The van der Waals surface area contributed by atoms with Gasteiger partial charge in [-0.25, -0.2) is 13.2 Å². The zero-order valence-electron chi connectivity index (χ0n) is 26.2. The highest BCUT2D eigenvalue weighted by Gasteiger charge is 2.31. The number of halogens is 1. The predicted molar refractivity (Wildman–Crippen MR) is 174 cm³/mol. The number of ether oxygens (including phenoxy) is 2. The number of anilines is 2. The van der Waals surface area contributed by atoms with Crippen LogP contribution in [0.1, 0.15) is 12.8 Å². The molecule has 1 atom stereocenters. The third kappa shape index (κ3) is 8.81. The van der Waals surface area contributed by atoms with Gasteiger partial charge in [-0.15, -0.1) is 0 Å². The van der Waals surface area contributed by atoms with Crippen molar-refractivity contribution in [1.29, 1.82) is 0 Å². The summed E-state index contributed by atoms with van der Waals surface area (Å²) >= 11 is 5.99. The van der Waals surface area contributed by atoms with E-state index in [-0.39, 0.29) is 40.8 Å². The maximum atomic E-state index is 13.3. The molecule has 14 heteroatoms. The minimum absolute atomic E-state index is 0.0179. The molecular weight excluding hydrogens is 636 g/mol. The second-order valence-corrected chi connectivity index (χ2v) is 14.1. The van der Waals surface area contributed by atoms with Crippen LogP contribution >= 0.6 is 11.6 Å². The van der Waals surface area contributed by atoms with Crippen LogP contribution in [-0.4, -0.2) is 103 Å². The highest BCUT2D eigenvalue weighted by Crippen LogP contribution is 2.25. The molecule has 1 heterocycles. The van der Waals surface area contributed by atoms with Crippen molar-refractivity contribution in [3.8, 4) is 0 Å². The molecule has 1 saturated heterocycles. The van der Waals surface area contributed by atoms with E-state index >= 15 is 0 Å². The quantitative estimate of drug-likeness (QED) is 0.227. The molecule has 0 aliphatic carbocycles. The highest BCUT2D eigenvalue weighted by molar-refractivity contribution is 7.91. The number of fused-ring (bicyclic) bond motifs is 1. The van der Waals surface area contributed by atoms with Crippen molar-refractivity contribution in [1.82, 2.24) is 5.32 Å². The molecule has 3 aromatic carbocycles. The summed E-state index contributed by atoms with van der Waals surface area (Å²) in [5.41, 5.74) is 1.26. The van der Waals surface area contributed by atoms with Crippen LogP contribution < -0.4 is 15.1 Å². The molecule has 0 spiro atoms. The van der Waals surface area contributed by atoms with Gasteiger partial charge in [0.05, 0.1) is 38.7 Å².